The van der Waals surface area contributed by atoms with E-state index in [1.54, 1.807) is 7.11 Å². The van der Waals surface area contributed by atoms with Crippen molar-refractivity contribution in [2.45, 2.75) is 38.1 Å². The Morgan fingerprint density at radius 2 is 2.19 bits per heavy atom. The Bertz CT molecular complexity index is 424. The molecule has 3 amide bonds. The van der Waals surface area contributed by atoms with Crippen molar-refractivity contribution in [1.29, 1.82) is 0 Å². The Hall–Kier alpha value is -1.30. The fourth-order valence-corrected chi connectivity index (χ4v) is 3.49. The fourth-order valence-electron chi connectivity index (χ4n) is 3.49. The highest BCUT2D eigenvalue weighted by Gasteiger charge is 2.49. The summed E-state index contributed by atoms with van der Waals surface area (Å²) in [5, 5.41) is 3.03. The summed E-state index contributed by atoms with van der Waals surface area (Å²) in [6, 6.07) is 0.382. The highest BCUT2D eigenvalue weighted by molar-refractivity contribution is 5.86. The van der Waals surface area contributed by atoms with Crippen molar-refractivity contribution < 1.29 is 14.3 Å². The Morgan fingerprint density at radius 1 is 1.38 bits per heavy atom. The Kier molecular flexibility index (Phi) is 4.06. The second kappa shape index (κ2) is 5.83. The van der Waals surface area contributed by atoms with Gasteiger partial charge < -0.3 is 19.9 Å². The van der Waals surface area contributed by atoms with E-state index in [2.05, 4.69) is 5.32 Å². The second-order valence-electron chi connectivity index (χ2n) is 6.56. The van der Waals surface area contributed by atoms with E-state index < -0.39 is 0 Å². The van der Waals surface area contributed by atoms with Crippen LogP contribution < -0.4 is 5.32 Å². The maximum atomic E-state index is 12.7. The molecule has 6 nitrogen and oxygen atoms in total. The number of methoxy groups -OCH3 is 1. The van der Waals surface area contributed by atoms with E-state index in [1.807, 2.05) is 9.80 Å². The monoisotopic (exact) mass is 295 g/mol. The molecular formula is C15H25N3O3. The van der Waals surface area contributed by atoms with Crippen LogP contribution in [0.3, 0.4) is 0 Å². The molecule has 3 fully saturated rings. The molecule has 1 atom stereocenters. The number of amides is 3. The van der Waals surface area contributed by atoms with Crippen molar-refractivity contribution in [2.75, 3.05) is 39.9 Å². The van der Waals surface area contributed by atoms with Crippen LogP contribution in [0.1, 0.15) is 32.1 Å². The van der Waals surface area contributed by atoms with E-state index in [1.165, 1.54) is 0 Å². The van der Waals surface area contributed by atoms with E-state index in [-0.39, 0.29) is 17.4 Å². The second-order valence-corrected chi connectivity index (χ2v) is 6.56. The molecule has 1 aliphatic carbocycles. The Labute approximate surface area is 125 Å². The van der Waals surface area contributed by atoms with Gasteiger partial charge in [-0.1, -0.05) is 0 Å². The quantitative estimate of drug-likeness (QED) is 0.835. The van der Waals surface area contributed by atoms with Gasteiger partial charge in [0.05, 0.1) is 12.0 Å². The molecular weight excluding hydrogens is 270 g/mol. The van der Waals surface area contributed by atoms with Crippen LogP contribution in [0.25, 0.3) is 0 Å². The first-order chi connectivity index (χ1) is 10.1. The van der Waals surface area contributed by atoms with Gasteiger partial charge in [-0.05, 0) is 32.1 Å². The fraction of sp³-hybridized carbons (Fsp3) is 0.867. The summed E-state index contributed by atoms with van der Waals surface area (Å²) in [5.74, 6) is 0.212. The molecule has 0 aromatic rings. The number of nitrogens with one attached hydrogen (secondary N) is 1. The highest BCUT2D eigenvalue weighted by Crippen LogP contribution is 2.40. The summed E-state index contributed by atoms with van der Waals surface area (Å²) in [6.45, 7) is 3.37. The van der Waals surface area contributed by atoms with Crippen molar-refractivity contribution >= 4 is 11.9 Å². The molecule has 118 valence electrons. The first-order valence-corrected chi connectivity index (χ1v) is 7.98. The summed E-state index contributed by atoms with van der Waals surface area (Å²) < 4.78 is 5.07. The summed E-state index contributed by atoms with van der Waals surface area (Å²) in [6.07, 6.45) is 4.87. The Balaban J connectivity index is 1.61. The van der Waals surface area contributed by atoms with Gasteiger partial charge in [0.25, 0.3) is 0 Å². The lowest BCUT2D eigenvalue weighted by Gasteiger charge is -2.39. The zero-order valence-electron chi connectivity index (χ0n) is 12.8. The van der Waals surface area contributed by atoms with E-state index in [9.17, 15) is 9.59 Å². The molecule has 0 bridgehead atoms. The molecule has 0 radical (unpaired) electrons. The molecule has 0 aromatic carbocycles. The lowest BCUT2D eigenvalue weighted by molar-refractivity contribution is -0.138. The number of hydrogen-bond acceptors (Lipinski definition) is 3. The third-order valence-electron chi connectivity index (χ3n) is 4.94. The topological polar surface area (TPSA) is 61.9 Å². The standard InChI is InChI=1S/C15H25N3O3/c1-21-10-9-17-8-6-15(13(17)19)5-2-7-18(11-15)14(20)16-12-3-4-12/h12H,2-11H2,1H3,(H,16,20). The molecule has 1 spiro atoms. The van der Waals surface area contributed by atoms with Gasteiger partial charge in [-0.25, -0.2) is 4.79 Å². The number of urea groups is 1. The molecule has 6 heteroatoms. The van der Waals surface area contributed by atoms with Crippen LogP contribution in [0.4, 0.5) is 4.79 Å². The van der Waals surface area contributed by atoms with E-state index >= 15 is 0 Å². The van der Waals surface area contributed by atoms with Crippen LogP contribution in [-0.4, -0.2) is 67.7 Å². The van der Waals surface area contributed by atoms with Gasteiger partial charge >= 0.3 is 6.03 Å². The number of hydrogen-bond donors (Lipinski definition) is 1. The van der Waals surface area contributed by atoms with Crippen LogP contribution >= 0.6 is 0 Å². The van der Waals surface area contributed by atoms with Gasteiger partial charge in [0.1, 0.15) is 0 Å². The summed E-state index contributed by atoms with van der Waals surface area (Å²) >= 11 is 0. The van der Waals surface area contributed by atoms with Gasteiger partial charge in [0.15, 0.2) is 0 Å². The predicted octanol–water partition coefficient (Wildman–Crippen LogP) is 0.819. The van der Waals surface area contributed by atoms with Crippen molar-refractivity contribution in [2.24, 2.45) is 5.41 Å². The summed E-state index contributed by atoms with van der Waals surface area (Å²) in [7, 11) is 1.65. The largest absolute Gasteiger partial charge is 0.383 e. The van der Waals surface area contributed by atoms with E-state index in [0.29, 0.717) is 25.7 Å². The minimum atomic E-state index is -0.340. The SMILES string of the molecule is COCCN1CCC2(CCCN(C(=O)NC3CC3)C2)C1=O. The molecule has 3 aliphatic rings. The highest BCUT2D eigenvalue weighted by atomic mass is 16.5. The van der Waals surface area contributed by atoms with Gasteiger partial charge in [-0.15, -0.1) is 0 Å². The van der Waals surface area contributed by atoms with Gasteiger partial charge in [-0.3, -0.25) is 4.79 Å². The van der Waals surface area contributed by atoms with Gasteiger partial charge in [0, 0.05) is 39.3 Å². The minimum Gasteiger partial charge on any atom is -0.383 e. The molecule has 2 saturated heterocycles. The molecule has 0 aromatic heterocycles. The normalized spacial score (nSPS) is 29.3. The molecule has 3 rings (SSSR count). The number of piperidine rings is 1. The summed E-state index contributed by atoms with van der Waals surface area (Å²) in [5.41, 5.74) is -0.340. The maximum absolute atomic E-state index is 12.7. The zero-order chi connectivity index (χ0) is 14.9. The minimum absolute atomic E-state index is 0.0136. The number of nitrogens with zero attached hydrogens (tertiary/aromatic N) is 2. The van der Waals surface area contributed by atoms with Crippen LogP contribution in [0.5, 0.6) is 0 Å². The van der Waals surface area contributed by atoms with E-state index in [4.69, 9.17) is 4.74 Å². The molecule has 2 heterocycles. The molecule has 1 saturated carbocycles. The number of carbonyl (C=O) groups excluding carboxylic acids is 2. The smallest absolute Gasteiger partial charge is 0.317 e. The number of rotatable bonds is 4. The van der Waals surface area contributed by atoms with Crippen molar-refractivity contribution in [3.05, 3.63) is 0 Å². The van der Waals surface area contributed by atoms with Gasteiger partial charge in [-0.2, -0.15) is 0 Å². The lowest BCUT2D eigenvalue weighted by Crippen LogP contribution is -2.53. The molecule has 1 unspecified atom stereocenters. The third-order valence-corrected chi connectivity index (χ3v) is 4.94. The van der Waals surface area contributed by atoms with Crippen LogP contribution in [-0.2, 0) is 9.53 Å². The average Bonchev–Trinajstić information content (AvgIpc) is 3.26. The summed E-state index contributed by atoms with van der Waals surface area (Å²) in [4.78, 5) is 28.7. The molecule has 21 heavy (non-hydrogen) atoms. The third kappa shape index (κ3) is 3.00. The molecule has 1 N–H and O–H groups in total. The predicted molar refractivity (Wildman–Crippen MR) is 77.9 cm³/mol. The number of ether oxygens (including phenoxy) is 1. The van der Waals surface area contributed by atoms with Crippen molar-refractivity contribution in [3.8, 4) is 0 Å². The van der Waals surface area contributed by atoms with Crippen LogP contribution in [0.15, 0.2) is 0 Å². The van der Waals surface area contributed by atoms with Gasteiger partial charge in [0.2, 0.25) is 5.91 Å². The number of likely N-dealkylation sites (tertiary alicyclic amines) is 2. The first-order valence-electron chi connectivity index (χ1n) is 7.98. The van der Waals surface area contributed by atoms with E-state index in [0.717, 1.165) is 45.2 Å². The maximum Gasteiger partial charge on any atom is 0.317 e. The zero-order valence-corrected chi connectivity index (χ0v) is 12.8. The van der Waals surface area contributed by atoms with Crippen LogP contribution in [0, 0.1) is 5.41 Å². The van der Waals surface area contributed by atoms with Crippen molar-refractivity contribution in [1.82, 2.24) is 15.1 Å². The Morgan fingerprint density at radius 3 is 2.90 bits per heavy atom. The first kappa shape index (κ1) is 14.6. The average molecular weight is 295 g/mol. The van der Waals surface area contributed by atoms with Crippen LogP contribution in [0.2, 0.25) is 0 Å². The molecule has 2 aliphatic heterocycles. The van der Waals surface area contributed by atoms with Crippen molar-refractivity contribution in [3.63, 3.8) is 0 Å². The number of carbonyl (C=O) groups is 2. The lowest BCUT2D eigenvalue weighted by atomic mass is 9.78.